The number of carboxylic acids is 1. The van der Waals surface area contributed by atoms with Crippen LogP contribution in [-0.2, 0) is 4.79 Å². The topological polar surface area (TPSA) is 77.8 Å². The molecule has 10 unspecified atom stereocenters. The molecule has 0 heterocycles. The van der Waals surface area contributed by atoms with Crippen LogP contribution in [0.3, 0.4) is 0 Å². The van der Waals surface area contributed by atoms with Gasteiger partial charge in [0.05, 0.1) is 12.2 Å². The van der Waals surface area contributed by atoms with Crippen LogP contribution >= 0.6 is 0 Å². The summed E-state index contributed by atoms with van der Waals surface area (Å²) in [5, 5.41) is 30.8. The molecule has 4 heteroatoms. The number of carbonyl (C=O) groups is 1. The first-order valence-electron chi connectivity index (χ1n) is 10.9. The molecule has 27 heavy (non-hydrogen) atoms. The van der Waals surface area contributed by atoms with Gasteiger partial charge < -0.3 is 15.3 Å². The summed E-state index contributed by atoms with van der Waals surface area (Å²) in [6, 6.07) is 0. The smallest absolute Gasteiger partial charge is 0.303 e. The first-order chi connectivity index (χ1) is 12.7. The lowest BCUT2D eigenvalue weighted by atomic mass is 9.45. The van der Waals surface area contributed by atoms with Crippen LogP contribution in [0, 0.1) is 46.3 Å². The Morgan fingerprint density at radius 2 is 1.85 bits per heavy atom. The van der Waals surface area contributed by atoms with E-state index >= 15 is 0 Å². The van der Waals surface area contributed by atoms with Gasteiger partial charge in [-0.2, -0.15) is 0 Å². The zero-order chi connectivity index (χ0) is 19.6. The number of carboxylic acid groups (broad SMARTS) is 1. The number of aliphatic hydroxyl groups is 2. The van der Waals surface area contributed by atoms with Crippen molar-refractivity contribution >= 4 is 5.97 Å². The van der Waals surface area contributed by atoms with Crippen LogP contribution in [0.2, 0.25) is 0 Å². The molecule has 4 aliphatic rings. The highest BCUT2D eigenvalue weighted by molar-refractivity contribution is 5.67. The second kappa shape index (κ2) is 6.59. The predicted molar refractivity (Wildman–Crippen MR) is 104 cm³/mol. The molecule has 3 saturated carbocycles. The van der Waals surface area contributed by atoms with E-state index < -0.39 is 5.97 Å². The number of aliphatic carboxylic acids is 1. The van der Waals surface area contributed by atoms with E-state index in [-0.39, 0.29) is 41.3 Å². The third-order valence-electron chi connectivity index (χ3n) is 9.50. The zero-order valence-electron chi connectivity index (χ0n) is 17.0. The summed E-state index contributed by atoms with van der Waals surface area (Å²) in [6.07, 6.45) is 10.2. The van der Waals surface area contributed by atoms with E-state index in [0.717, 1.165) is 38.5 Å². The lowest BCUT2D eigenvalue weighted by molar-refractivity contribution is -0.149. The molecule has 4 nitrogen and oxygen atoms in total. The molecule has 0 bridgehead atoms. The highest BCUT2D eigenvalue weighted by Gasteiger charge is 2.62. The predicted octanol–water partition coefficient (Wildman–Crippen LogP) is 3.86. The number of hydrogen-bond donors (Lipinski definition) is 3. The monoisotopic (exact) mass is 376 g/mol. The van der Waals surface area contributed by atoms with Gasteiger partial charge in [0.15, 0.2) is 0 Å². The van der Waals surface area contributed by atoms with Gasteiger partial charge in [-0.25, -0.2) is 0 Å². The molecule has 0 aromatic carbocycles. The molecule has 4 rings (SSSR count). The maximum absolute atomic E-state index is 11.4. The van der Waals surface area contributed by atoms with Crippen molar-refractivity contribution in [2.24, 2.45) is 46.3 Å². The van der Waals surface area contributed by atoms with Crippen LogP contribution < -0.4 is 0 Å². The van der Waals surface area contributed by atoms with E-state index in [4.69, 9.17) is 0 Å². The van der Waals surface area contributed by atoms with Gasteiger partial charge in [0.1, 0.15) is 0 Å². The highest BCUT2D eigenvalue weighted by atomic mass is 16.4. The first kappa shape index (κ1) is 19.4. The normalized spacial score (nSPS) is 52.6. The highest BCUT2D eigenvalue weighted by Crippen LogP contribution is 2.66. The summed E-state index contributed by atoms with van der Waals surface area (Å²) in [6.45, 7) is 6.68. The summed E-state index contributed by atoms with van der Waals surface area (Å²) in [5.74, 6) is 1.46. The fourth-order valence-corrected chi connectivity index (χ4v) is 7.95. The van der Waals surface area contributed by atoms with Crippen molar-refractivity contribution < 1.29 is 20.1 Å². The third kappa shape index (κ3) is 2.81. The standard InChI is InChI=1S/C23H36O4/c1-13(10-21(26)27)17-6-7-18-16-5-4-14-11-15(24)8-9-22(14,2)19(16)12-20(25)23(17,18)3/h4-5,13-20,24-25H,6-12H2,1-3H3,(H,26,27). The molecule has 152 valence electrons. The van der Waals surface area contributed by atoms with Gasteiger partial charge in [-0.3, -0.25) is 4.79 Å². The third-order valence-corrected chi connectivity index (χ3v) is 9.50. The minimum atomic E-state index is -0.730. The van der Waals surface area contributed by atoms with Gasteiger partial charge in [0, 0.05) is 6.42 Å². The van der Waals surface area contributed by atoms with E-state index in [1.165, 1.54) is 0 Å². The molecule has 0 aromatic heterocycles. The van der Waals surface area contributed by atoms with Crippen molar-refractivity contribution in [3.8, 4) is 0 Å². The molecule has 3 fully saturated rings. The Kier molecular flexibility index (Phi) is 4.74. The summed E-state index contributed by atoms with van der Waals surface area (Å²) < 4.78 is 0. The van der Waals surface area contributed by atoms with Crippen molar-refractivity contribution in [1.82, 2.24) is 0 Å². The number of hydrogen-bond acceptors (Lipinski definition) is 3. The van der Waals surface area contributed by atoms with Crippen LogP contribution in [-0.4, -0.2) is 33.5 Å². The quantitative estimate of drug-likeness (QED) is 0.654. The van der Waals surface area contributed by atoms with E-state index in [0.29, 0.717) is 23.7 Å². The average molecular weight is 377 g/mol. The van der Waals surface area contributed by atoms with Crippen molar-refractivity contribution in [3.05, 3.63) is 12.2 Å². The fraction of sp³-hybridized carbons (Fsp3) is 0.870. The Bertz CT molecular complexity index is 630. The Labute approximate surface area is 163 Å². The van der Waals surface area contributed by atoms with E-state index in [1.807, 2.05) is 0 Å². The molecule has 0 aliphatic heterocycles. The minimum absolute atomic E-state index is 0.101. The molecule has 0 radical (unpaired) electrons. The summed E-state index contributed by atoms with van der Waals surface area (Å²) >= 11 is 0. The summed E-state index contributed by atoms with van der Waals surface area (Å²) in [7, 11) is 0. The van der Waals surface area contributed by atoms with Gasteiger partial charge in [-0.05, 0) is 84.9 Å². The van der Waals surface area contributed by atoms with E-state index in [9.17, 15) is 20.1 Å². The van der Waals surface area contributed by atoms with Gasteiger partial charge in [0.2, 0.25) is 0 Å². The van der Waals surface area contributed by atoms with Crippen molar-refractivity contribution in [1.29, 1.82) is 0 Å². The van der Waals surface area contributed by atoms with Gasteiger partial charge in [0.25, 0.3) is 0 Å². The van der Waals surface area contributed by atoms with Crippen molar-refractivity contribution in [2.75, 3.05) is 0 Å². The van der Waals surface area contributed by atoms with Gasteiger partial charge in [-0.15, -0.1) is 0 Å². The van der Waals surface area contributed by atoms with Crippen LogP contribution in [0.1, 0.15) is 65.7 Å². The van der Waals surface area contributed by atoms with Crippen LogP contribution in [0.4, 0.5) is 0 Å². The zero-order valence-corrected chi connectivity index (χ0v) is 17.0. The lowest BCUT2D eigenvalue weighted by Crippen LogP contribution is -2.57. The lowest BCUT2D eigenvalue weighted by Gasteiger charge is -2.60. The van der Waals surface area contributed by atoms with E-state index in [1.54, 1.807) is 0 Å². The van der Waals surface area contributed by atoms with E-state index in [2.05, 4.69) is 32.9 Å². The molecule has 4 aliphatic carbocycles. The summed E-state index contributed by atoms with van der Waals surface area (Å²) in [4.78, 5) is 11.3. The van der Waals surface area contributed by atoms with Crippen LogP contribution in [0.5, 0.6) is 0 Å². The molecule has 0 amide bonds. The Hall–Kier alpha value is -0.870. The SMILES string of the molecule is CC(CC(=O)O)C1CCC2C3C=CC4CC(O)CCC4(C)C3CC(O)C12C. The number of allylic oxidation sites excluding steroid dienone is 2. The van der Waals surface area contributed by atoms with Crippen LogP contribution in [0.25, 0.3) is 0 Å². The molecule has 3 N–H and O–H groups in total. The number of rotatable bonds is 3. The number of fused-ring (bicyclic) bond motifs is 5. The average Bonchev–Trinajstić information content (AvgIpc) is 2.95. The van der Waals surface area contributed by atoms with Gasteiger partial charge in [-0.1, -0.05) is 32.9 Å². The maximum Gasteiger partial charge on any atom is 0.303 e. The molecule has 0 saturated heterocycles. The van der Waals surface area contributed by atoms with Crippen molar-refractivity contribution in [3.63, 3.8) is 0 Å². The number of aliphatic hydroxyl groups excluding tert-OH is 2. The Balaban J connectivity index is 1.64. The largest absolute Gasteiger partial charge is 0.481 e. The van der Waals surface area contributed by atoms with Crippen LogP contribution in [0.15, 0.2) is 12.2 Å². The fourth-order valence-electron chi connectivity index (χ4n) is 7.95. The van der Waals surface area contributed by atoms with Crippen molar-refractivity contribution in [2.45, 2.75) is 77.9 Å². The van der Waals surface area contributed by atoms with Gasteiger partial charge >= 0.3 is 5.97 Å². The molecular formula is C23H36O4. The Morgan fingerprint density at radius 1 is 1.11 bits per heavy atom. The first-order valence-corrected chi connectivity index (χ1v) is 10.9. The molecule has 0 spiro atoms. The maximum atomic E-state index is 11.4. The molecule has 10 atom stereocenters. The minimum Gasteiger partial charge on any atom is -0.481 e. The Morgan fingerprint density at radius 3 is 2.56 bits per heavy atom. The summed E-state index contributed by atoms with van der Waals surface area (Å²) in [5.41, 5.74) is -0.0104. The molecule has 0 aromatic rings. The second-order valence-electron chi connectivity index (χ2n) is 10.6. The second-order valence-corrected chi connectivity index (χ2v) is 10.6. The molecular weight excluding hydrogens is 340 g/mol.